The summed E-state index contributed by atoms with van der Waals surface area (Å²) in [4.78, 5) is 27.9. The molecule has 1 fully saturated rings. The lowest BCUT2D eigenvalue weighted by molar-refractivity contribution is -0.128. The minimum absolute atomic E-state index is 0.0215. The highest BCUT2D eigenvalue weighted by molar-refractivity contribution is 5.83. The summed E-state index contributed by atoms with van der Waals surface area (Å²) in [5, 5.41) is 3.05. The van der Waals surface area contributed by atoms with E-state index in [1.165, 1.54) is 0 Å². The topological polar surface area (TPSA) is 84.7 Å². The number of morpholine rings is 1. The molecule has 0 bridgehead atoms. The molecule has 4 heterocycles. The molecule has 8 heteroatoms. The number of pyridine rings is 1. The molecule has 140 valence electrons. The second kappa shape index (κ2) is 8.24. The number of imidazole rings is 1. The Kier molecular flexibility index (Phi) is 5.36. The first-order chi connectivity index (χ1) is 13.3. The largest absolute Gasteiger partial charge is 0.379 e. The number of aromatic nitrogens is 4. The van der Waals surface area contributed by atoms with Gasteiger partial charge in [-0.2, -0.15) is 0 Å². The Morgan fingerprint density at radius 3 is 2.93 bits per heavy atom. The molecule has 1 amide bonds. The van der Waals surface area contributed by atoms with E-state index in [4.69, 9.17) is 4.74 Å². The predicted octanol–water partition coefficient (Wildman–Crippen LogP) is 0.856. The van der Waals surface area contributed by atoms with Crippen molar-refractivity contribution in [3.05, 3.63) is 60.4 Å². The number of fused-ring (bicyclic) bond motifs is 1. The van der Waals surface area contributed by atoms with Crippen LogP contribution in [-0.4, -0.2) is 63.0 Å². The maximum Gasteiger partial charge on any atom is 0.242 e. The van der Waals surface area contributed by atoms with Gasteiger partial charge in [-0.25, -0.2) is 9.97 Å². The van der Waals surface area contributed by atoms with Gasteiger partial charge in [-0.1, -0.05) is 6.07 Å². The first-order valence-corrected chi connectivity index (χ1v) is 9.09. The maximum atomic E-state index is 12.9. The second-order valence-corrected chi connectivity index (χ2v) is 6.44. The van der Waals surface area contributed by atoms with Crippen LogP contribution >= 0.6 is 0 Å². The molecule has 0 aromatic carbocycles. The summed E-state index contributed by atoms with van der Waals surface area (Å²) < 4.78 is 7.31. The number of nitrogens with one attached hydrogen (secondary N) is 1. The van der Waals surface area contributed by atoms with E-state index in [0.717, 1.165) is 24.3 Å². The fourth-order valence-electron chi connectivity index (χ4n) is 3.31. The third-order valence-corrected chi connectivity index (χ3v) is 4.63. The summed E-state index contributed by atoms with van der Waals surface area (Å²) in [6, 6.07) is 5.31. The second-order valence-electron chi connectivity index (χ2n) is 6.44. The molecule has 0 spiro atoms. The molecule has 0 aliphatic carbocycles. The molecule has 3 aromatic heterocycles. The quantitative estimate of drug-likeness (QED) is 0.696. The molecular weight excluding hydrogens is 344 g/mol. The van der Waals surface area contributed by atoms with E-state index >= 15 is 0 Å². The van der Waals surface area contributed by atoms with Crippen LogP contribution in [0.15, 0.2) is 49.2 Å². The summed E-state index contributed by atoms with van der Waals surface area (Å²) in [6.07, 6.45) is 9.69. The Balaban J connectivity index is 1.41. The summed E-state index contributed by atoms with van der Waals surface area (Å²) in [7, 11) is 0. The normalized spacial score (nSPS) is 16.3. The number of rotatable bonds is 6. The number of carbonyl (C=O) groups is 1. The van der Waals surface area contributed by atoms with Crippen LogP contribution in [0.25, 0.3) is 5.78 Å². The first-order valence-electron chi connectivity index (χ1n) is 9.09. The van der Waals surface area contributed by atoms with E-state index < -0.39 is 0 Å². The molecule has 8 nitrogen and oxygen atoms in total. The van der Waals surface area contributed by atoms with Crippen molar-refractivity contribution in [1.82, 2.24) is 29.6 Å². The minimum atomic E-state index is -0.356. The van der Waals surface area contributed by atoms with E-state index in [2.05, 4.69) is 25.2 Å². The summed E-state index contributed by atoms with van der Waals surface area (Å²) in [5.74, 6) is 0.646. The van der Waals surface area contributed by atoms with Crippen LogP contribution in [-0.2, 0) is 16.0 Å². The van der Waals surface area contributed by atoms with Crippen molar-refractivity contribution in [2.75, 3.05) is 32.8 Å². The van der Waals surface area contributed by atoms with Gasteiger partial charge in [0.2, 0.25) is 11.7 Å². The molecule has 0 saturated carbocycles. The Labute approximate surface area is 157 Å². The van der Waals surface area contributed by atoms with Crippen LogP contribution in [0.5, 0.6) is 0 Å². The Bertz CT molecular complexity index is 858. The van der Waals surface area contributed by atoms with Gasteiger partial charge in [-0.3, -0.25) is 19.1 Å². The lowest BCUT2D eigenvalue weighted by Crippen LogP contribution is -2.46. The Morgan fingerprint density at radius 2 is 2.15 bits per heavy atom. The smallest absolute Gasteiger partial charge is 0.242 e. The molecule has 1 saturated heterocycles. The van der Waals surface area contributed by atoms with E-state index in [-0.39, 0.29) is 11.9 Å². The van der Waals surface area contributed by atoms with Crippen molar-refractivity contribution in [1.29, 1.82) is 0 Å². The van der Waals surface area contributed by atoms with Gasteiger partial charge in [0.1, 0.15) is 6.04 Å². The van der Waals surface area contributed by atoms with Crippen LogP contribution in [0.2, 0.25) is 0 Å². The van der Waals surface area contributed by atoms with E-state index in [1.54, 1.807) is 18.6 Å². The molecule has 4 rings (SSSR count). The van der Waals surface area contributed by atoms with Crippen molar-refractivity contribution in [2.45, 2.75) is 12.5 Å². The van der Waals surface area contributed by atoms with Crippen molar-refractivity contribution < 1.29 is 9.53 Å². The number of hydrogen-bond donors (Lipinski definition) is 1. The number of carbonyl (C=O) groups excluding carboxylic acids is 1. The van der Waals surface area contributed by atoms with Crippen LogP contribution in [0, 0.1) is 0 Å². The minimum Gasteiger partial charge on any atom is -0.379 e. The number of ether oxygens (including phenoxy) is 1. The number of nitrogens with zero attached hydrogens (tertiary/aromatic N) is 5. The van der Waals surface area contributed by atoms with Crippen molar-refractivity contribution >= 4 is 11.7 Å². The van der Waals surface area contributed by atoms with Gasteiger partial charge in [0, 0.05) is 57.0 Å². The average molecular weight is 366 g/mol. The summed E-state index contributed by atoms with van der Waals surface area (Å²) >= 11 is 0. The molecular formula is C19H22N6O2. The van der Waals surface area contributed by atoms with Crippen LogP contribution in [0.1, 0.15) is 17.3 Å². The monoisotopic (exact) mass is 366 g/mol. The molecule has 1 unspecified atom stereocenters. The molecule has 1 N–H and O–H groups in total. The summed E-state index contributed by atoms with van der Waals surface area (Å²) in [6.45, 7) is 3.25. The molecule has 0 radical (unpaired) electrons. The molecule has 27 heavy (non-hydrogen) atoms. The van der Waals surface area contributed by atoms with Crippen molar-refractivity contribution in [3.63, 3.8) is 0 Å². The molecule has 1 atom stereocenters. The lowest BCUT2D eigenvalue weighted by atomic mass is 10.1. The van der Waals surface area contributed by atoms with Gasteiger partial charge in [0.15, 0.2) is 0 Å². The average Bonchev–Trinajstić information content (AvgIpc) is 3.13. The fraction of sp³-hybridized carbons (Fsp3) is 0.368. The zero-order chi connectivity index (χ0) is 18.5. The lowest BCUT2D eigenvalue weighted by Gasteiger charge is -2.33. The number of hydrogen-bond acceptors (Lipinski definition) is 6. The van der Waals surface area contributed by atoms with E-state index in [0.29, 0.717) is 32.0 Å². The molecule has 1 aliphatic rings. The Hall–Kier alpha value is -2.84. The third-order valence-electron chi connectivity index (χ3n) is 4.63. The highest BCUT2D eigenvalue weighted by atomic mass is 16.5. The van der Waals surface area contributed by atoms with Gasteiger partial charge in [0.05, 0.1) is 18.9 Å². The third kappa shape index (κ3) is 4.12. The maximum absolute atomic E-state index is 12.9. The van der Waals surface area contributed by atoms with Crippen molar-refractivity contribution in [3.8, 4) is 0 Å². The fourth-order valence-corrected chi connectivity index (χ4v) is 3.31. The van der Waals surface area contributed by atoms with Crippen molar-refractivity contribution in [2.24, 2.45) is 0 Å². The zero-order valence-corrected chi connectivity index (χ0v) is 15.0. The zero-order valence-electron chi connectivity index (χ0n) is 15.0. The van der Waals surface area contributed by atoms with Gasteiger partial charge in [-0.05, 0) is 17.7 Å². The highest BCUT2D eigenvalue weighted by Gasteiger charge is 2.29. The van der Waals surface area contributed by atoms with Crippen LogP contribution in [0.3, 0.4) is 0 Å². The predicted molar refractivity (Wildman–Crippen MR) is 99.1 cm³/mol. The van der Waals surface area contributed by atoms with Crippen LogP contribution < -0.4 is 5.32 Å². The first kappa shape index (κ1) is 17.6. The van der Waals surface area contributed by atoms with E-state index in [1.807, 2.05) is 35.0 Å². The van der Waals surface area contributed by atoms with Gasteiger partial charge >= 0.3 is 0 Å². The molecule has 3 aromatic rings. The highest BCUT2D eigenvalue weighted by Crippen LogP contribution is 2.21. The van der Waals surface area contributed by atoms with E-state index in [9.17, 15) is 4.79 Å². The summed E-state index contributed by atoms with van der Waals surface area (Å²) in [5.41, 5.74) is 1.80. The number of amides is 1. The standard InChI is InChI=1S/C19H22N6O2/c26-18(21-7-4-16-14-25-8-2-6-22-19(25)23-16)17(15-3-1-5-20-13-15)24-9-11-27-12-10-24/h1-3,5-6,8,13-14,17H,4,7,9-12H2,(H,21,26). The van der Waals surface area contributed by atoms with Gasteiger partial charge < -0.3 is 10.1 Å². The Morgan fingerprint density at radius 1 is 1.26 bits per heavy atom. The van der Waals surface area contributed by atoms with Gasteiger partial charge in [-0.15, -0.1) is 0 Å². The molecule has 1 aliphatic heterocycles. The SMILES string of the molecule is O=C(NCCc1cn2cccnc2n1)C(c1cccnc1)N1CCOCC1. The van der Waals surface area contributed by atoms with Gasteiger partial charge in [0.25, 0.3) is 0 Å². The van der Waals surface area contributed by atoms with Crippen LogP contribution in [0.4, 0.5) is 0 Å².